The van der Waals surface area contributed by atoms with Gasteiger partial charge in [-0.15, -0.1) is 0 Å². The summed E-state index contributed by atoms with van der Waals surface area (Å²) < 4.78 is 30.8. The number of nitrogens with two attached hydrogens (primary N) is 1. The fourth-order valence-corrected chi connectivity index (χ4v) is 5.89. The molecule has 0 saturated heterocycles. The Kier molecular flexibility index (Phi) is 8.00. The van der Waals surface area contributed by atoms with Gasteiger partial charge in [-0.25, -0.2) is 13.8 Å². The number of carbonyl (C=O) groups is 1. The number of fused-ring (bicyclic) bond motifs is 1. The van der Waals surface area contributed by atoms with Crippen molar-refractivity contribution < 1.29 is 13.6 Å². The van der Waals surface area contributed by atoms with Crippen molar-refractivity contribution in [3.63, 3.8) is 0 Å². The van der Waals surface area contributed by atoms with Crippen LogP contribution in [0.25, 0.3) is 27.8 Å². The number of carbonyl (C=O) groups excluding carboxylic acids is 1. The average molecular weight is 619 g/mol. The second-order valence-electron chi connectivity index (χ2n) is 11.8. The Morgan fingerprint density at radius 2 is 1.89 bits per heavy atom. The van der Waals surface area contributed by atoms with Crippen LogP contribution in [0.15, 0.2) is 84.1 Å². The summed E-state index contributed by atoms with van der Waals surface area (Å²) in [5, 5.41) is 12.5. The van der Waals surface area contributed by atoms with Crippen molar-refractivity contribution in [2.75, 3.05) is 17.6 Å². The predicted molar refractivity (Wildman–Crippen MR) is 175 cm³/mol. The Hall–Kier alpha value is -5.56. The van der Waals surface area contributed by atoms with E-state index in [0.29, 0.717) is 23.1 Å². The summed E-state index contributed by atoms with van der Waals surface area (Å²) in [4.78, 5) is 33.7. The Labute approximate surface area is 265 Å². The van der Waals surface area contributed by atoms with Crippen LogP contribution >= 0.6 is 0 Å². The quantitative estimate of drug-likeness (QED) is 0.236. The second kappa shape index (κ2) is 12.1. The van der Waals surface area contributed by atoms with Crippen LogP contribution in [0.3, 0.4) is 0 Å². The molecule has 232 valence electrons. The van der Waals surface area contributed by atoms with Crippen LogP contribution in [-0.2, 0) is 0 Å². The molecule has 6 rings (SSSR count). The molecule has 0 spiro atoms. The minimum atomic E-state index is -0.784. The molecule has 4 aromatic rings. The first-order chi connectivity index (χ1) is 22.1. The van der Waals surface area contributed by atoms with Crippen molar-refractivity contribution in [1.29, 1.82) is 5.26 Å². The summed E-state index contributed by atoms with van der Waals surface area (Å²) in [6.45, 7) is 6.60. The fourth-order valence-electron chi connectivity index (χ4n) is 5.89. The third-order valence-corrected chi connectivity index (χ3v) is 8.47. The molecular formula is C36H32F2N6O2. The number of nitrogen functional groups attached to an aromatic ring is 1. The fraction of sp³-hybridized carbons (Fsp3) is 0.222. The number of pyridine rings is 2. The highest BCUT2D eigenvalue weighted by molar-refractivity contribution is 6.05. The zero-order valence-electron chi connectivity index (χ0n) is 25.6. The van der Waals surface area contributed by atoms with E-state index in [0.717, 1.165) is 30.2 Å². The summed E-state index contributed by atoms with van der Waals surface area (Å²) in [6, 6.07) is 13.4. The lowest BCUT2D eigenvalue weighted by molar-refractivity contribution is 0.102. The first-order valence-corrected chi connectivity index (χ1v) is 15.1. The molecule has 1 saturated carbocycles. The van der Waals surface area contributed by atoms with Gasteiger partial charge >= 0.3 is 0 Å². The summed E-state index contributed by atoms with van der Waals surface area (Å²) in [5.41, 5.74) is 8.06. The van der Waals surface area contributed by atoms with Gasteiger partial charge in [0.15, 0.2) is 0 Å². The van der Waals surface area contributed by atoms with E-state index in [4.69, 9.17) is 5.73 Å². The highest BCUT2D eigenvalue weighted by Gasteiger charge is 2.39. The minimum Gasteiger partial charge on any atom is -0.383 e. The average Bonchev–Trinajstić information content (AvgIpc) is 3.83. The predicted octanol–water partition coefficient (Wildman–Crippen LogP) is 6.76. The molecule has 3 N–H and O–H groups in total. The molecule has 1 aliphatic heterocycles. The lowest BCUT2D eigenvalue weighted by Gasteiger charge is -2.19. The highest BCUT2D eigenvalue weighted by Crippen LogP contribution is 2.41. The van der Waals surface area contributed by atoms with E-state index < -0.39 is 23.0 Å². The number of aromatic nitrogens is 2. The molecule has 0 radical (unpaired) electrons. The molecule has 1 amide bonds. The summed E-state index contributed by atoms with van der Waals surface area (Å²) >= 11 is 0. The molecule has 2 aromatic carbocycles. The van der Waals surface area contributed by atoms with E-state index in [1.165, 1.54) is 47.2 Å². The maximum absolute atomic E-state index is 15.6. The van der Waals surface area contributed by atoms with Gasteiger partial charge in [-0.05, 0) is 80.6 Å². The molecule has 46 heavy (non-hydrogen) atoms. The highest BCUT2D eigenvalue weighted by atomic mass is 19.1. The van der Waals surface area contributed by atoms with Crippen molar-refractivity contribution in [2.24, 2.45) is 5.92 Å². The molecule has 2 atom stereocenters. The zero-order valence-corrected chi connectivity index (χ0v) is 25.6. The van der Waals surface area contributed by atoms with Crippen LogP contribution in [-0.4, -0.2) is 32.9 Å². The van der Waals surface area contributed by atoms with Crippen LogP contribution in [0.5, 0.6) is 0 Å². The number of anilines is 2. The lowest BCUT2D eigenvalue weighted by Crippen LogP contribution is -2.27. The molecule has 3 heterocycles. The van der Waals surface area contributed by atoms with Gasteiger partial charge in [0.1, 0.15) is 34.8 Å². The van der Waals surface area contributed by atoms with E-state index in [1.54, 1.807) is 20.0 Å². The standard InChI is InChI=1S/C36H32F2N6O2/c1-4-43-18-23(6-5-22-14-31(22)43)24-13-28(35(40)41-17-24)27-12-11-26(15-30(27)38)42-36(46)29-19-44(20(2)3)32(16-39)33(34(29)45)21-7-9-25(37)10-8-21/h5-13,15,17-20,22,31H,4,14H2,1-3H3,(H2,40,41)(H,42,46). The summed E-state index contributed by atoms with van der Waals surface area (Å²) in [5.74, 6) is -1.24. The number of hydrogen-bond acceptors (Lipinski definition) is 6. The van der Waals surface area contributed by atoms with Crippen LogP contribution in [0.4, 0.5) is 20.3 Å². The van der Waals surface area contributed by atoms with E-state index in [1.807, 2.05) is 12.1 Å². The van der Waals surface area contributed by atoms with Gasteiger partial charge in [-0.1, -0.05) is 24.3 Å². The largest absolute Gasteiger partial charge is 0.383 e. The maximum atomic E-state index is 15.6. The van der Waals surface area contributed by atoms with Gasteiger partial charge in [-0.3, -0.25) is 9.59 Å². The molecule has 10 heteroatoms. The third-order valence-electron chi connectivity index (χ3n) is 8.47. The van der Waals surface area contributed by atoms with Crippen LogP contribution in [0.1, 0.15) is 54.8 Å². The first-order valence-electron chi connectivity index (χ1n) is 15.1. The smallest absolute Gasteiger partial charge is 0.261 e. The molecule has 2 aliphatic rings. The molecular weight excluding hydrogens is 586 g/mol. The summed E-state index contributed by atoms with van der Waals surface area (Å²) in [7, 11) is 0. The number of nitrogens with zero attached hydrogens (tertiary/aromatic N) is 4. The topological polar surface area (TPSA) is 117 Å². The SMILES string of the molecule is CCN1C=C(c2cnc(N)c(-c3ccc(NC(=O)c4cn(C(C)C)c(C#N)c(-c5ccc(F)cc5)c4=O)cc3F)c2)C=CC2CC21. The zero-order chi connectivity index (χ0) is 32.7. The van der Waals surface area contributed by atoms with Crippen molar-refractivity contribution in [3.05, 3.63) is 118 Å². The molecule has 0 bridgehead atoms. The van der Waals surface area contributed by atoms with Crippen molar-refractivity contribution in [3.8, 4) is 28.3 Å². The van der Waals surface area contributed by atoms with Crippen LogP contribution in [0, 0.1) is 28.9 Å². The Morgan fingerprint density at radius 1 is 1.13 bits per heavy atom. The van der Waals surface area contributed by atoms with E-state index in [2.05, 4.69) is 40.5 Å². The third kappa shape index (κ3) is 5.68. The van der Waals surface area contributed by atoms with Gasteiger partial charge < -0.3 is 20.5 Å². The number of hydrogen-bond donors (Lipinski definition) is 2. The monoisotopic (exact) mass is 618 g/mol. The second-order valence-corrected chi connectivity index (χ2v) is 11.8. The van der Waals surface area contributed by atoms with Crippen molar-refractivity contribution in [1.82, 2.24) is 14.5 Å². The van der Waals surface area contributed by atoms with E-state index >= 15 is 4.39 Å². The number of allylic oxidation sites excluding steroid dienone is 2. The lowest BCUT2D eigenvalue weighted by atomic mass is 9.99. The Morgan fingerprint density at radius 3 is 2.57 bits per heavy atom. The van der Waals surface area contributed by atoms with Gasteiger partial charge in [0, 0.05) is 59.6 Å². The van der Waals surface area contributed by atoms with Gasteiger partial charge in [0.25, 0.3) is 5.91 Å². The van der Waals surface area contributed by atoms with Crippen molar-refractivity contribution in [2.45, 2.75) is 39.3 Å². The van der Waals surface area contributed by atoms with Crippen LogP contribution in [0.2, 0.25) is 0 Å². The minimum absolute atomic E-state index is 0.0223. The van der Waals surface area contributed by atoms with Gasteiger partial charge in [0.05, 0.1) is 5.56 Å². The van der Waals surface area contributed by atoms with Gasteiger partial charge in [-0.2, -0.15) is 5.26 Å². The van der Waals surface area contributed by atoms with Crippen molar-refractivity contribution >= 4 is 23.0 Å². The Balaban J connectivity index is 1.32. The van der Waals surface area contributed by atoms with Gasteiger partial charge in [0.2, 0.25) is 5.43 Å². The number of rotatable bonds is 7. The molecule has 1 fully saturated rings. The molecule has 2 aromatic heterocycles. The molecule has 2 unspecified atom stereocenters. The maximum Gasteiger partial charge on any atom is 0.261 e. The molecule has 1 aliphatic carbocycles. The summed E-state index contributed by atoms with van der Waals surface area (Å²) in [6.07, 6.45) is 10.5. The number of benzene rings is 2. The normalized spacial score (nSPS) is 16.8. The number of nitriles is 1. The molecule has 8 nitrogen and oxygen atoms in total. The first kappa shape index (κ1) is 30.5. The Bertz CT molecular complexity index is 2020. The number of halogens is 2. The van der Waals surface area contributed by atoms with E-state index in [9.17, 15) is 19.2 Å². The number of nitrogens with one attached hydrogen (secondary N) is 1. The number of amides is 1. The van der Waals surface area contributed by atoms with E-state index in [-0.39, 0.29) is 39.9 Å². The van der Waals surface area contributed by atoms with Crippen LogP contribution < -0.4 is 16.5 Å².